The summed E-state index contributed by atoms with van der Waals surface area (Å²) < 4.78 is 0.986. The fourth-order valence-electron chi connectivity index (χ4n) is 1.07. The molecule has 3 nitrogen and oxygen atoms in total. The van der Waals surface area contributed by atoms with Gasteiger partial charge in [-0.2, -0.15) is 0 Å². The summed E-state index contributed by atoms with van der Waals surface area (Å²) in [6.45, 7) is 2.24. The Morgan fingerprint density at radius 3 is 2.82 bits per heavy atom. The molecular formula is C7H8BrN3. The molecule has 58 valence electrons. The molecule has 1 fully saturated rings. The summed E-state index contributed by atoms with van der Waals surface area (Å²) in [5.41, 5.74) is 0. The Morgan fingerprint density at radius 1 is 1.45 bits per heavy atom. The number of halogens is 1. The molecule has 0 spiro atoms. The first-order valence-corrected chi connectivity index (χ1v) is 4.37. The van der Waals surface area contributed by atoms with Gasteiger partial charge in [0.05, 0.1) is 4.47 Å². The van der Waals surface area contributed by atoms with E-state index in [9.17, 15) is 0 Å². The van der Waals surface area contributed by atoms with Crippen molar-refractivity contribution in [3.8, 4) is 0 Å². The molecule has 0 unspecified atom stereocenters. The third-order valence-corrected chi connectivity index (χ3v) is 2.36. The number of aromatic nitrogens is 2. The number of nitrogens with zero attached hydrogens (tertiary/aromatic N) is 3. The average molecular weight is 214 g/mol. The van der Waals surface area contributed by atoms with Gasteiger partial charge in [-0.3, -0.25) is 0 Å². The van der Waals surface area contributed by atoms with Crippen LogP contribution in [-0.4, -0.2) is 23.1 Å². The van der Waals surface area contributed by atoms with Crippen LogP contribution in [0.25, 0.3) is 0 Å². The first-order valence-electron chi connectivity index (χ1n) is 3.58. The van der Waals surface area contributed by atoms with Crippen LogP contribution in [0, 0.1) is 0 Å². The molecule has 4 heteroatoms. The van der Waals surface area contributed by atoms with Crippen molar-refractivity contribution in [2.75, 3.05) is 18.0 Å². The summed E-state index contributed by atoms with van der Waals surface area (Å²) in [6, 6.07) is 0. The smallest absolute Gasteiger partial charge is 0.146 e. The lowest BCUT2D eigenvalue weighted by Gasteiger charge is -2.32. The molecular weight excluding hydrogens is 206 g/mol. The molecule has 0 saturated carbocycles. The second kappa shape index (κ2) is 2.77. The molecule has 1 aromatic heterocycles. The van der Waals surface area contributed by atoms with Crippen LogP contribution < -0.4 is 4.90 Å². The highest BCUT2D eigenvalue weighted by molar-refractivity contribution is 9.10. The molecule has 0 radical (unpaired) electrons. The van der Waals surface area contributed by atoms with Crippen LogP contribution in [-0.2, 0) is 0 Å². The minimum Gasteiger partial charge on any atom is -0.355 e. The van der Waals surface area contributed by atoms with Gasteiger partial charge in [-0.1, -0.05) is 0 Å². The maximum Gasteiger partial charge on any atom is 0.146 e. The Hall–Kier alpha value is -0.640. The molecule has 0 N–H and O–H groups in total. The van der Waals surface area contributed by atoms with Gasteiger partial charge in [-0.25, -0.2) is 9.97 Å². The minimum absolute atomic E-state index is 0.986. The van der Waals surface area contributed by atoms with Crippen molar-refractivity contribution in [3.05, 3.63) is 17.0 Å². The fourth-order valence-corrected chi connectivity index (χ4v) is 1.54. The molecule has 1 aliphatic heterocycles. The zero-order chi connectivity index (χ0) is 7.68. The number of anilines is 1. The second-order valence-corrected chi connectivity index (χ2v) is 3.39. The second-order valence-electron chi connectivity index (χ2n) is 2.53. The Labute approximate surface area is 73.6 Å². The van der Waals surface area contributed by atoms with E-state index in [0.29, 0.717) is 0 Å². The highest BCUT2D eigenvalue weighted by Gasteiger charge is 2.17. The Bertz CT molecular complexity index is 260. The predicted octanol–water partition coefficient (Wildman–Crippen LogP) is 1.45. The SMILES string of the molecule is Brc1cncnc1N1CCC1. The average Bonchev–Trinajstić information content (AvgIpc) is 1.90. The molecule has 0 bridgehead atoms. The van der Waals surface area contributed by atoms with Gasteiger partial charge in [0.1, 0.15) is 12.1 Å². The Kier molecular flexibility index (Phi) is 1.77. The van der Waals surface area contributed by atoms with E-state index in [4.69, 9.17) is 0 Å². The zero-order valence-electron chi connectivity index (χ0n) is 6.00. The van der Waals surface area contributed by atoms with Gasteiger partial charge in [0.25, 0.3) is 0 Å². The molecule has 0 atom stereocenters. The van der Waals surface area contributed by atoms with E-state index >= 15 is 0 Å². The standard InChI is InChI=1S/C7H8BrN3/c8-6-4-9-5-10-7(6)11-2-1-3-11/h4-5H,1-3H2. The Morgan fingerprint density at radius 2 is 2.27 bits per heavy atom. The topological polar surface area (TPSA) is 29.0 Å². The molecule has 11 heavy (non-hydrogen) atoms. The van der Waals surface area contributed by atoms with E-state index in [-0.39, 0.29) is 0 Å². The monoisotopic (exact) mass is 213 g/mol. The van der Waals surface area contributed by atoms with E-state index in [1.54, 1.807) is 12.5 Å². The highest BCUT2D eigenvalue weighted by Crippen LogP contribution is 2.25. The van der Waals surface area contributed by atoms with E-state index < -0.39 is 0 Å². The molecule has 0 aromatic carbocycles. The normalized spacial score (nSPS) is 16.3. The first-order chi connectivity index (χ1) is 5.38. The van der Waals surface area contributed by atoms with Gasteiger partial charge in [0.15, 0.2) is 0 Å². The van der Waals surface area contributed by atoms with Gasteiger partial charge in [-0.05, 0) is 22.4 Å². The van der Waals surface area contributed by atoms with E-state index in [1.807, 2.05) is 0 Å². The van der Waals surface area contributed by atoms with Gasteiger partial charge >= 0.3 is 0 Å². The summed E-state index contributed by atoms with van der Waals surface area (Å²) in [5.74, 6) is 1.02. The molecule has 0 amide bonds. The molecule has 2 heterocycles. The van der Waals surface area contributed by atoms with Crippen molar-refractivity contribution < 1.29 is 0 Å². The summed E-state index contributed by atoms with van der Waals surface area (Å²) in [4.78, 5) is 10.3. The number of hydrogen-bond acceptors (Lipinski definition) is 3. The van der Waals surface area contributed by atoms with Crippen molar-refractivity contribution in [3.63, 3.8) is 0 Å². The molecule has 0 aliphatic carbocycles. The maximum atomic E-state index is 4.17. The van der Waals surface area contributed by atoms with Crippen LogP contribution >= 0.6 is 15.9 Å². The highest BCUT2D eigenvalue weighted by atomic mass is 79.9. The van der Waals surface area contributed by atoms with Gasteiger partial charge in [-0.15, -0.1) is 0 Å². The maximum absolute atomic E-state index is 4.17. The van der Waals surface area contributed by atoms with Crippen LogP contribution in [0.3, 0.4) is 0 Å². The lowest BCUT2D eigenvalue weighted by Crippen LogP contribution is -2.37. The quantitative estimate of drug-likeness (QED) is 0.708. The van der Waals surface area contributed by atoms with E-state index in [0.717, 1.165) is 23.4 Å². The largest absolute Gasteiger partial charge is 0.355 e. The van der Waals surface area contributed by atoms with Crippen molar-refractivity contribution in [2.45, 2.75) is 6.42 Å². The van der Waals surface area contributed by atoms with Gasteiger partial charge in [0, 0.05) is 19.3 Å². The third kappa shape index (κ3) is 1.22. The third-order valence-electron chi connectivity index (χ3n) is 1.80. The van der Waals surface area contributed by atoms with Crippen molar-refractivity contribution in [1.82, 2.24) is 9.97 Å². The van der Waals surface area contributed by atoms with E-state index in [2.05, 4.69) is 30.8 Å². The van der Waals surface area contributed by atoms with Crippen molar-refractivity contribution >= 4 is 21.7 Å². The summed E-state index contributed by atoms with van der Waals surface area (Å²) in [7, 11) is 0. The lowest BCUT2D eigenvalue weighted by molar-refractivity contribution is 0.607. The van der Waals surface area contributed by atoms with Crippen LogP contribution in [0.15, 0.2) is 17.0 Å². The summed E-state index contributed by atoms with van der Waals surface area (Å²) in [6.07, 6.45) is 4.63. The molecule has 1 aromatic rings. The van der Waals surface area contributed by atoms with Crippen molar-refractivity contribution in [1.29, 1.82) is 0 Å². The van der Waals surface area contributed by atoms with Gasteiger partial charge < -0.3 is 4.90 Å². The number of hydrogen-bond donors (Lipinski definition) is 0. The zero-order valence-corrected chi connectivity index (χ0v) is 7.58. The lowest BCUT2D eigenvalue weighted by atomic mass is 10.2. The fraction of sp³-hybridized carbons (Fsp3) is 0.429. The minimum atomic E-state index is 0.986. The van der Waals surface area contributed by atoms with Crippen molar-refractivity contribution in [2.24, 2.45) is 0 Å². The summed E-state index contributed by atoms with van der Waals surface area (Å²) >= 11 is 3.40. The first kappa shape index (κ1) is 7.03. The Balaban J connectivity index is 2.28. The summed E-state index contributed by atoms with van der Waals surface area (Å²) in [5, 5.41) is 0. The number of rotatable bonds is 1. The predicted molar refractivity (Wildman–Crippen MR) is 46.6 cm³/mol. The van der Waals surface area contributed by atoms with Crippen LogP contribution in [0.1, 0.15) is 6.42 Å². The van der Waals surface area contributed by atoms with Gasteiger partial charge in [0.2, 0.25) is 0 Å². The molecule has 2 rings (SSSR count). The molecule has 1 aliphatic rings. The van der Waals surface area contributed by atoms with Crippen LogP contribution in [0.5, 0.6) is 0 Å². The molecule has 1 saturated heterocycles. The van der Waals surface area contributed by atoms with Crippen LogP contribution in [0.4, 0.5) is 5.82 Å². The van der Waals surface area contributed by atoms with Crippen LogP contribution in [0.2, 0.25) is 0 Å². The van der Waals surface area contributed by atoms with E-state index in [1.165, 1.54) is 6.42 Å².